The maximum absolute atomic E-state index is 11.4. The summed E-state index contributed by atoms with van der Waals surface area (Å²) >= 11 is 6.50. The Morgan fingerprint density at radius 1 is 0.833 bits per heavy atom. The molecule has 1 saturated carbocycles. The van der Waals surface area contributed by atoms with Gasteiger partial charge in [-0.1, -0.05) is 0 Å². The molecule has 1 fully saturated rings. The summed E-state index contributed by atoms with van der Waals surface area (Å²) in [6, 6.07) is 0. The van der Waals surface area contributed by atoms with Crippen LogP contribution in [-0.2, 0) is 19.1 Å². The number of rotatable bonds is 2. The second-order valence-corrected chi connectivity index (χ2v) is 5.40. The quantitative estimate of drug-likeness (QED) is 0.544. The smallest absolute Gasteiger partial charge is 0.344 e. The van der Waals surface area contributed by atoms with Crippen molar-refractivity contribution in [1.29, 1.82) is 0 Å². The van der Waals surface area contributed by atoms with Gasteiger partial charge in [-0.05, 0) is 68.7 Å². The van der Waals surface area contributed by atoms with Crippen molar-refractivity contribution < 1.29 is 19.1 Å². The van der Waals surface area contributed by atoms with Gasteiger partial charge < -0.3 is 9.47 Å². The van der Waals surface area contributed by atoms with Gasteiger partial charge in [-0.15, -0.1) is 0 Å². The molecule has 1 rings (SSSR count). The number of ether oxygens (including phenoxy) is 2. The van der Waals surface area contributed by atoms with Gasteiger partial charge in [0.1, 0.15) is 8.96 Å². The summed E-state index contributed by atoms with van der Waals surface area (Å²) < 4.78 is 10.3. The van der Waals surface area contributed by atoms with Crippen molar-refractivity contribution in [3.8, 4) is 0 Å². The zero-order chi connectivity index (χ0) is 13.7. The van der Waals surface area contributed by atoms with Gasteiger partial charge >= 0.3 is 11.9 Å². The SMILES string of the molecule is COC(=O)C(Br)=C1CCC(=C(Br)C(=O)OC)CC1. The molecule has 0 saturated heterocycles. The first-order valence-corrected chi connectivity index (χ1v) is 7.01. The van der Waals surface area contributed by atoms with Gasteiger partial charge in [-0.2, -0.15) is 0 Å². The molecule has 1 aliphatic rings. The molecule has 0 N–H and O–H groups in total. The summed E-state index contributed by atoms with van der Waals surface area (Å²) in [5.41, 5.74) is 2.05. The highest BCUT2D eigenvalue weighted by Gasteiger charge is 2.21. The third-order valence-electron chi connectivity index (χ3n) is 2.81. The summed E-state index contributed by atoms with van der Waals surface area (Å²) in [6.07, 6.45) is 2.93. The predicted molar refractivity (Wildman–Crippen MR) is 74.4 cm³/mol. The summed E-state index contributed by atoms with van der Waals surface area (Å²) in [6.45, 7) is 0. The fourth-order valence-electron chi connectivity index (χ4n) is 1.76. The van der Waals surface area contributed by atoms with Gasteiger partial charge in [-0.25, -0.2) is 9.59 Å². The van der Waals surface area contributed by atoms with E-state index < -0.39 is 0 Å². The minimum atomic E-state index is -0.357. The molecule has 0 amide bonds. The van der Waals surface area contributed by atoms with Crippen molar-refractivity contribution in [2.45, 2.75) is 25.7 Å². The molecule has 0 spiro atoms. The van der Waals surface area contributed by atoms with Crippen molar-refractivity contribution in [3.05, 3.63) is 20.1 Å². The molecule has 0 aromatic carbocycles. The van der Waals surface area contributed by atoms with Crippen molar-refractivity contribution in [1.82, 2.24) is 0 Å². The Hall–Kier alpha value is -0.620. The van der Waals surface area contributed by atoms with E-state index in [9.17, 15) is 9.59 Å². The number of allylic oxidation sites excluding steroid dienone is 2. The topological polar surface area (TPSA) is 52.6 Å². The van der Waals surface area contributed by atoms with Crippen LogP contribution in [0.3, 0.4) is 0 Å². The Morgan fingerprint density at radius 2 is 1.11 bits per heavy atom. The van der Waals surface area contributed by atoms with E-state index in [0.717, 1.165) is 36.8 Å². The average molecular weight is 382 g/mol. The Bertz CT molecular complexity index is 372. The van der Waals surface area contributed by atoms with Crippen LogP contribution in [0.25, 0.3) is 0 Å². The molecule has 100 valence electrons. The highest BCUT2D eigenvalue weighted by molar-refractivity contribution is 9.12. The highest BCUT2D eigenvalue weighted by atomic mass is 79.9. The fraction of sp³-hybridized carbons (Fsp3) is 0.500. The van der Waals surface area contributed by atoms with E-state index in [1.54, 1.807) is 0 Å². The lowest BCUT2D eigenvalue weighted by Crippen LogP contribution is -2.09. The van der Waals surface area contributed by atoms with Crippen LogP contribution < -0.4 is 0 Å². The van der Waals surface area contributed by atoms with Crippen molar-refractivity contribution in [2.24, 2.45) is 0 Å². The van der Waals surface area contributed by atoms with Crippen LogP contribution in [0.5, 0.6) is 0 Å². The Kier molecular flexibility index (Phi) is 6.08. The van der Waals surface area contributed by atoms with Gasteiger partial charge in [0.25, 0.3) is 0 Å². The number of esters is 2. The minimum Gasteiger partial charge on any atom is -0.465 e. The minimum absolute atomic E-state index is 0.357. The van der Waals surface area contributed by atoms with Crippen LogP contribution in [0.15, 0.2) is 20.1 Å². The summed E-state index contributed by atoms with van der Waals surface area (Å²) in [5, 5.41) is 0. The monoisotopic (exact) mass is 380 g/mol. The van der Waals surface area contributed by atoms with Gasteiger partial charge in [0.05, 0.1) is 14.2 Å². The molecular formula is C12H14Br2O4. The summed E-state index contributed by atoms with van der Waals surface area (Å²) in [4.78, 5) is 22.7. The largest absolute Gasteiger partial charge is 0.465 e. The highest BCUT2D eigenvalue weighted by Crippen LogP contribution is 2.35. The standard InChI is InChI=1S/C12H14Br2O4/c1-17-11(15)9(13)7-3-5-8(6-4-7)10(14)12(16)18-2/h3-6H2,1-2H3. The Balaban J connectivity index is 2.78. The van der Waals surface area contributed by atoms with Gasteiger partial charge in [0.2, 0.25) is 0 Å². The number of halogens is 2. The number of carbonyl (C=O) groups excluding carboxylic acids is 2. The first-order chi connectivity index (χ1) is 8.51. The van der Waals surface area contributed by atoms with Gasteiger partial charge in [0, 0.05) is 0 Å². The third-order valence-corrected chi connectivity index (χ3v) is 4.58. The van der Waals surface area contributed by atoms with E-state index >= 15 is 0 Å². The Morgan fingerprint density at radius 3 is 1.33 bits per heavy atom. The summed E-state index contributed by atoms with van der Waals surface area (Å²) in [7, 11) is 2.71. The molecule has 4 nitrogen and oxygen atoms in total. The predicted octanol–water partition coefficient (Wildman–Crippen LogP) is 3.20. The van der Waals surface area contributed by atoms with Crippen LogP contribution in [-0.4, -0.2) is 26.2 Å². The maximum Gasteiger partial charge on any atom is 0.344 e. The zero-order valence-corrected chi connectivity index (χ0v) is 13.4. The maximum atomic E-state index is 11.4. The van der Waals surface area contributed by atoms with E-state index in [1.165, 1.54) is 14.2 Å². The molecule has 0 radical (unpaired) electrons. The van der Waals surface area contributed by atoms with Crippen LogP contribution in [0.2, 0.25) is 0 Å². The molecule has 0 aromatic rings. The molecule has 0 aromatic heterocycles. The van der Waals surface area contributed by atoms with Crippen LogP contribution in [0.4, 0.5) is 0 Å². The molecule has 1 aliphatic carbocycles. The first-order valence-electron chi connectivity index (χ1n) is 5.43. The first kappa shape index (κ1) is 15.4. The van der Waals surface area contributed by atoms with Crippen molar-refractivity contribution in [2.75, 3.05) is 14.2 Å². The molecule has 0 bridgehead atoms. The molecule has 0 aliphatic heterocycles. The second-order valence-electron chi connectivity index (χ2n) is 3.82. The number of carbonyl (C=O) groups is 2. The van der Waals surface area contributed by atoms with E-state index in [2.05, 4.69) is 41.3 Å². The lowest BCUT2D eigenvalue weighted by molar-refractivity contribution is -0.136. The van der Waals surface area contributed by atoms with Crippen LogP contribution >= 0.6 is 31.9 Å². The molecule has 0 unspecified atom stereocenters. The van der Waals surface area contributed by atoms with E-state index in [4.69, 9.17) is 0 Å². The van der Waals surface area contributed by atoms with E-state index in [0.29, 0.717) is 8.96 Å². The average Bonchev–Trinajstić information content (AvgIpc) is 2.44. The number of hydrogen-bond donors (Lipinski definition) is 0. The van der Waals surface area contributed by atoms with Gasteiger partial charge in [-0.3, -0.25) is 0 Å². The van der Waals surface area contributed by atoms with Gasteiger partial charge in [0.15, 0.2) is 0 Å². The molecular weight excluding hydrogens is 368 g/mol. The normalized spacial score (nSPS) is 15.1. The third kappa shape index (κ3) is 3.68. The Labute approximate surface area is 123 Å². The van der Waals surface area contributed by atoms with E-state index in [-0.39, 0.29) is 11.9 Å². The number of hydrogen-bond acceptors (Lipinski definition) is 4. The lowest BCUT2D eigenvalue weighted by Gasteiger charge is -2.19. The van der Waals surface area contributed by atoms with E-state index in [1.807, 2.05) is 0 Å². The summed E-state index contributed by atoms with van der Waals surface area (Å²) in [5.74, 6) is -0.714. The van der Waals surface area contributed by atoms with Crippen LogP contribution in [0.1, 0.15) is 25.7 Å². The molecule has 6 heteroatoms. The fourth-order valence-corrected chi connectivity index (χ4v) is 2.88. The number of methoxy groups -OCH3 is 2. The second kappa shape index (κ2) is 7.09. The van der Waals surface area contributed by atoms with Crippen LogP contribution in [0, 0.1) is 0 Å². The lowest BCUT2D eigenvalue weighted by atomic mass is 9.90. The molecule has 0 atom stereocenters. The zero-order valence-electron chi connectivity index (χ0n) is 10.2. The molecule has 0 heterocycles. The molecule has 18 heavy (non-hydrogen) atoms. The van der Waals surface area contributed by atoms with Crippen molar-refractivity contribution >= 4 is 43.8 Å². The van der Waals surface area contributed by atoms with Crippen molar-refractivity contribution in [3.63, 3.8) is 0 Å².